The number of aryl methyl sites for hydroxylation is 2. The molecular weight excluding hydrogens is 332 g/mol. The van der Waals surface area contributed by atoms with E-state index in [2.05, 4.69) is 21.0 Å². The fourth-order valence-corrected chi connectivity index (χ4v) is 2.57. The predicted octanol–water partition coefficient (Wildman–Crippen LogP) is 3.22. The summed E-state index contributed by atoms with van der Waals surface area (Å²) in [4.78, 5) is 0. The molecule has 0 aliphatic heterocycles. The molecule has 6 heteroatoms. The lowest BCUT2D eigenvalue weighted by Gasteiger charge is -2.12. The Bertz CT molecular complexity index is 599. The summed E-state index contributed by atoms with van der Waals surface area (Å²) >= 11 is 9.57. The molecule has 0 fully saturated rings. The van der Waals surface area contributed by atoms with Crippen LogP contribution in [0, 0.1) is 6.92 Å². The predicted molar refractivity (Wildman–Crippen MR) is 77.4 cm³/mol. The summed E-state index contributed by atoms with van der Waals surface area (Å²) in [5.74, 6) is 0.629. The van der Waals surface area contributed by atoms with Crippen LogP contribution in [0.15, 0.2) is 22.7 Å². The third kappa shape index (κ3) is 2.94. The number of halogens is 2. The number of hydrogen-bond donors (Lipinski definition) is 1. The molecule has 1 aromatic carbocycles. The van der Waals surface area contributed by atoms with Crippen LogP contribution in [0.4, 0.5) is 0 Å². The molecule has 1 aromatic heterocycles. The van der Waals surface area contributed by atoms with Crippen LogP contribution < -0.4 is 4.74 Å². The van der Waals surface area contributed by atoms with Crippen LogP contribution in [0.25, 0.3) is 0 Å². The van der Waals surface area contributed by atoms with Gasteiger partial charge < -0.3 is 9.84 Å². The van der Waals surface area contributed by atoms with Gasteiger partial charge in [0.25, 0.3) is 0 Å². The Labute approximate surface area is 125 Å². The summed E-state index contributed by atoms with van der Waals surface area (Å²) in [5.41, 5.74) is 2.42. The standard InChI is InChI=1S/C13H14BrClN2O2/c1-8-10(13(15)17(2)16-8)7-19-12-9(6-18)4-3-5-11(12)14/h3-5,18H,6-7H2,1-2H3. The molecule has 0 radical (unpaired) electrons. The lowest BCUT2D eigenvalue weighted by Crippen LogP contribution is -2.01. The van der Waals surface area contributed by atoms with Gasteiger partial charge in [0.2, 0.25) is 0 Å². The first-order valence-electron chi connectivity index (χ1n) is 5.73. The summed E-state index contributed by atoms with van der Waals surface area (Å²) in [6.45, 7) is 2.13. The van der Waals surface area contributed by atoms with Gasteiger partial charge in [0, 0.05) is 18.2 Å². The Kier molecular flexibility index (Phi) is 4.50. The highest BCUT2D eigenvalue weighted by molar-refractivity contribution is 9.10. The SMILES string of the molecule is Cc1nn(C)c(Cl)c1COc1c(Br)cccc1CO. The van der Waals surface area contributed by atoms with Gasteiger partial charge in [-0.3, -0.25) is 4.68 Å². The fraction of sp³-hybridized carbons (Fsp3) is 0.308. The molecule has 1 N–H and O–H groups in total. The highest BCUT2D eigenvalue weighted by atomic mass is 79.9. The molecule has 0 amide bonds. The smallest absolute Gasteiger partial charge is 0.139 e. The third-order valence-electron chi connectivity index (χ3n) is 2.85. The average Bonchev–Trinajstić information content (AvgIpc) is 2.62. The van der Waals surface area contributed by atoms with Crippen molar-refractivity contribution in [3.8, 4) is 5.75 Å². The first-order valence-corrected chi connectivity index (χ1v) is 6.90. The Hall–Kier alpha value is -1.04. The number of nitrogens with zero attached hydrogens (tertiary/aromatic N) is 2. The van der Waals surface area contributed by atoms with Crippen LogP contribution in [-0.2, 0) is 20.3 Å². The van der Waals surface area contributed by atoms with Gasteiger partial charge in [0.15, 0.2) is 0 Å². The average molecular weight is 346 g/mol. The molecule has 2 aromatic rings. The maximum absolute atomic E-state index is 9.31. The van der Waals surface area contributed by atoms with Crippen LogP contribution in [0.5, 0.6) is 5.75 Å². The van der Waals surface area contributed by atoms with Crippen LogP contribution in [0.2, 0.25) is 5.15 Å². The maximum atomic E-state index is 9.31. The molecule has 102 valence electrons. The van der Waals surface area contributed by atoms with Gasteiger partial charge >= 0.3 is 0 Å². The van der Waals surface area contributed by atoms with Gasteiger partial charge in [-0.2, -0.15) is 5.10 Å². The topological polar surface area (TPSA) is 47.3 Å². The number of hydrogen-bond acceptors (Lipinski definition) is 3. The van der Waals surface area contributed by atoms with Crippen LogP contribution in [-0.4, -0.2) is 14.9 Å². The molecular formula is C13H14BrClN2O2. The number of aromatic nitrogens is 2. The zero-order valence-electron chi connectivity index (χ0n) is 10.7. The maximum Gasteiger partial charge on any atom is 0.139 e. The molecule has 0 aliphatic carbocycles. The molecule has 0 saturated carbocycles. The summed E-state index contributed by atoms with van der Waals surface area (Å²) in [6.07, 6.45) is 0. The van der Waals surface area contributed by atoms with E-state index in [0.29, 0.717) is 17.5 Å². The van der Waals surface area contributed by atoms with Gasteiger partial charge in [-0.25, -0.2) is 0 Å². The second-order valence-corrected chi connectivity index (χ2v) is 5.37. The Morgan fingerprint density at radius 2 is 2.21 bits per heavy atom. The minimum Gasteiger partial charge on any atom is -0.487 e. The van der Waals surface area contributed by atoms with Crippen LogP contribution >= 0.6 is 27.5 Å². The third-order valence-corrected chi connectivity index (χ3v) is 3.95. The molecule has 0 unspecified atom stereocenters. The van der Waals surface area contributed by atoms with Crippen molar-refractivity contribution in [1.29, 1.82) is 0 Å². The van der Waals surface area contributed by atoms with Gasteiger partial charge in [0.05, 0.1) is 16.8 Å². The van der Waals surface area contributed by atoms with E-state index in [0.717, 1.165) is 21.3 Å². The van der Waals surface area contributed by atoms with Crippen LogP contribution in [0.1, 0.15) is 16.8 Å². The van der Waals surface area contributed by atoms with E-state index < -0.39 is 0 Å². The van der Waals surface area contributed by atoms with E-state index in [4.69, 9.17) is 16.3 Å². The Morgan fingerprint density at radius 3 is 2.79 bits per heavy atom. The van der Waals surface area contributed by atoms with Gasteiger partial charge in [-0.1, -0.05) is 23.7 Å². The number of ether oxygens (including phenoxy) is 1. The molecule has 1 heterocycles. The van der Waals surface area contributed by atoms with E-state index in [1.165, 1.54) is 0 Å². The van der Waals surface area contributed by atoms with Crippen molar-refractivity contribution in [2.75, 3.05) is 0 Å². The van der Waals surface area contributed by atoms with Crippen molar-refractivity contribution in [2.24, 2.45) is 7.05 Å². The molecule has 0 spiro atoms. The number of benzene rings is 1. The van der Waals surface area contributed by atoms with Crippen molar-refractivity contribution in [2.45, 2.75) is 20.1 Å². The van der Waals surface area contributed by atoms with E-state index >= 15 is 0 Å². The normalized spacial score (nSPS) is 10.8. The van der Waals surface area contributed by atoms with Crippen molar-refractivity contribution in [3.63, 3.8) is 0 Å². The number of para-hydroxylation sites is 1. The molecule has 2 rings (SSSR count). The van der Waals surface area contributed by atoms with Gasteiger partial charge in [-0.15, -0.1) is 0 Å². The van der Waals surface area contributed by atoms with Crippen LogP contribution in [0.3, 0.4) is 0 Å². The van der Waals surface area contributed by atoms with Crippen molar-refractivity contribution in [1.82, 2.24) is 9.78 Å². The first-order chi connectivity index (χ1) is 9.04. The lowest BCUT2D eigenvalue weighted by molar-refractivity contribution is 0.258. The van der Waals surface area contributed by atoms with Gasteiger partial charge in [-0.05, 0) is 28.9 Å². The molecule has 0 saturated heterocycles. The van der Waals surface area contributed by atoms with Crippen molar-refractivity contribution >= 4 is 27.5 Å². The largest absolute Gasteiger partial charge is 0.487 e. The zero-order valence-corrected chi connectivity index (χ0v) is 13.0. The molecule has 19 heavy (non-hydrogen) atoms. The summed E-state index contributed by atoms with van der Waals surface area (Å²) in [5, 5.41) is 14.1. The molecule has 0 aliphatic rings. The van der Waals surface area contributed by atoms with E-state index in [9.17, 15) is 5.11 Å². The summed E-state index contributed by atoms with van der Waals surface area (Å²) < 4.78 is 8.19. The molecule has 4 nitrogen and oxygen atoms in total. The molecule has 0 bridgehead atoms. The number of aliphatic hydroxyl groups excluding tert-OH is 1. The fourth-order valence-electron chi connectivity index (χ4n) is 1.82. The highest BCUT2D eigenvalue weighted by Crippen LogP contribution is 2.31. The van der Waals surface area contributed by atoms with Crippen molar-refractivity contribution in [3.05, 3.63) is 44.6 Å². The van der Waals surface area contributed by atoms with E-state index in [-0.39, 0.29) is 6.61 Å². The zero-order chi connectivity index (χ0) is 14.0. The second-order valence-electron chi connectivity index (χ2n) is 4.15. The van der Waals surface area contributed by atoms with E-state index in [1.54, 1.807) is 11.7 Å². The van der Waals surface area contributed by atoms with Gasteiger partial charge in [0.1, 0.15) is 17.5 Å². The number of aliphatic hydroxyl groups is 1. The Morgan fingerprint density at radius 1 is 1.47 bits per heavy atom. The van der Waals surface area contributed by atoms with Crippen molar-refractivity contribution < 1.29 is 9.84 Å². The second kappa shape index (κ2) is 5.94. The molecule has 0 atom stereocenters. The summed E-state index contributed by atoms with van der Waals surface area (Å²) in [7, 11) is 1.79. The monoisotopic (exact) mass is 344 g/mol. The summed E-state index contributed by atoms with van der Waals surface area (Å²) in [6, 6.07) is 5.54. The highest BCUT2D eigenvalue weighted by Gasteiger charge is 2.14. The van der Waals surface area contributed by atoms with E-state index in [1.807, 2.05) is 25.1 Å². The first kappa shape index (κ1) is 14.4. The lowest BCUT2D eigenvalue weighted by atomic mass is 10.2. The quantitative estimate of drug-likeness (QED) is 0.925. The minimum absolute atomic E-state index is 0.0749. The Balaban J connectivity index is 2.24. The number of rotatable bonds is 4. The minimum atomic E-state index is -0.0749.